The molecule has 22 heavy (non-hydrogen) atoms. The van der Waals surface area contributed by atoms with Crippen molar-refractivity contribution in [3.05, 3.63) is 16.1 Å². The molecule has 1 spiro atoms. The lowest BCUT2D eigenvalue weighted by Crippen LogP contribution is -2.42. The molecule has 1 aromatic rings. The zero-order valence-corrected chi connectivity index (χ0v) is 16.4. The molecule has 0 aliphatic carbocycles. The predicted molar refractivity (Wildman–Crippen MR) is 101 cm³/mol. The quantitative estimate of drug-likeness (QED) is 0.449. The summed E-state index contributed by atoms with van der Waals surface area (Å²) in [7, 11) is 1.87. The third kappa shape index (κ3) is 4.11. The Morgan fingerprint density at radius 1 is 1.55 bits per heavy atom. The number of aliphatic imine (C=N–C) groups is 1. The minimum Gasteiger partial charge on any atom is -0.381 e. The van der Waals surface area contributed by atoms with E-state index in [1.54, 1.807) is 11.3 Å². The van der Waals surface area contributed by atoms with Gasteiger partial charge in [0.15, 0.2) is 5.96 Å². The summed E-state index contributed by atoms with van der Waals surface area (Å²) in [6, 6.07) is 0. The second kappa shape index (κ2) is 7.92. The Morgan fingerprint density at radius 2 is 2.41 bits per heavy atom. The molecule has 1 unspecified atom stereocenters. The van der Waals surface area contributed by atoms with Crippen LogP contribution in [0.1, 0.15) is 22.7 Å². The van der Waals surface area contributed by atoms with Crippen molar-refractivity contribution >= 4 is 41.3 Å². The molecular weight excluding hydrogens is 411 g/mol. The zero-order valence-electron chi connectivity index (χ0n) is 13.3. The van der Waals surface area contributed by atoms with Crippen molar-refractivity contribution in [2.24, 2.45) is 10.4 Å². The summed E-state index contributed by atoms with van der Waals surface area (Å²) >= 11 is 1.77. The first-order valence-corrected chi connectivity index (χ1v) is 8.47. The summed E-state index contributed by atoms with van der Waals surface area (Å²) in [6.07, 6.45) is 5.32. The van der Waals surface area contributed by atoms with E-state index in [9.17, 15) is 0 Å². The van der Waals surface area contributed by atoms with E-state index in [2.05, 4.69) is 27.1 Å². The van der Waals surface area contributed by atoms with Crippen LogP contribution in [0.25, 0.3) is 0 Å². The number of likely N-dealkylation sites (tertiary alicyclic amines) is 1. The first kappa shape index (κ1) is 17.9. The van der Waals surface area contributed by atoms with Gasteiger partial charge in [-0.15, -0.1) is 35.3 Å². The van der Waals surface area contributed by atoms with Crippen LogP contribution in [0.3, 0.4) is 0 Å². The maximum atomic E-state index is 5.59. The van der Waals surface area contributed by atoms with E-state index in [1.807, 2.05) is 13.2 Å². The first-order chi connectivity index (χ1) is 10.2. The SMILES string of the molecule is CN=C(NCCc1ncc(C)s1)N1CCC2(CCOC2)C1.I. The lowest BCUT2D eigenvalue weighted by Gasteiger charge is -2.24. The van der Waals surface area contributed by atoms with E-state index in [1.165, 1.54) is 22.7 Å². The summed E-state index contributed by atoms with van der Waals surface area (Å²) in [4.78, 5) is 12.5. The number of rotatable bonds is 3. The average Bonchev–Trinajstić information content (AvgIpc) is 3.19. The van der Waals surface area contributed by atoms with Crippen LogP contribution >= 0.6 is 35.3 Å². The molecule has 0 radical (unpaired) electrons. The van der Waals surface area contributed by atoms with Gasteiger partial charge in [0.1, 0.15) is 0 Å². The van der Waals surface area contributed by atoms with Crippen LogP contribution in [0.15, 0.2) is 11.2 Å². The molecule has 0 saturated carbocycles. The third-order valence-corrected chi connectivity index (χ3v) is 5.40. The summed E-state index contributed by atoms with van der Waals surface area (Å²) < 4.78 is 5.59. The highest BCUT2D eigenvalue weighted by molar-refractivity contribution is 14.0. The minimum atomic E-state index is 0. The first-order valence-electron chi connectivity index (χ1n) is 7.65. The van der Waals surface area contributed by atoms with Crippen molar-refractivity contribution in [1.29, 1.82) is 0 Å². The molecule has 1 atom stereocenters. The highest BCUT2D eigenvalue weighted by Gasteiger charge is 2.42. The molecule has 7 heteroatoms. The van der Waals surface area contributed by atoms with Crippen molar-refractivity contribution < 1.29 is 4.74 Å². The van der Waals surface area contributed by atoms with Gasteiger partial charge in [-0.3, -0.25) is 4.99 Å². The van der Waals surface area contributed by atoms with Gasteiger partial charge in [0.25, 0.3) is 0 Å². The molecule has 2 fully saturated rings. The summed E-state index contributed by atoms with van der Waals surface area (Å²) in [5.41, 5.74) is 0.379. The topological polar surface area (TPSA) is 49.8 Å². The number of hydrogen-bond acceptors (Lipinski definition) is 4. The van der Waals surface area contributed by atoms with Gasteiger partial charge in [-0.2, -0.15) is 0 Å². The molecule has 5 nitrogen and oxygen atoms in total. The lowest BCUT2D eigenvalue weighted by atomic mass is 9.87. The van der Waals surface area contributed by atoms with Crippen LogP contribution < -0.4 is 5.32 Å². The van der Waals surface area contributed by atoms with E-state index in [-0.39, 0.29) is 24.0 Å². The van der Waals surface area contributed by atoms with Crippen LogP contribution in [0.4, 0.5) is 0 Å². The van der Waals surface area contributed by atoms with E-state index in [0.717, 1.165) is 45.2 Å². The monoisotopic (exact) mass is 436 g/mol. The number of guanidine groups is 1. The number of ether oxygens (including phenoxy) is 1. The van der Waals surface area contributed by atoms with Gasteiger partial charge in [-0.25, -0.2) is 4.98 Å². The normalized spacial score (nSPS) is 24.8. The van der Waals surface area contributed by atoms with Crippen LogP contribution in [0, 0.1) is 12.3 Å². The van der Waals surface area contributed by atoms with Crippen molar-refractivity contribution in [3.63, 3.8) is 0 Å². The number of aryl methyl sites for hydroxylation is 1. The fourth-order valence-electron chi connectivity index (χ4n) is 3.22. The Bertz CT molecular complexity index is 513. The lowest BCUT2D eigenvalue weighted by molar-refractivity contribution is 0.156. The average molecular weight is 436 g/mol. The Morgan fingerprint density at radius 3 is 3.05 bits per heavy atom. The number of thiazole rings is 1. The zero-order chi connectivity index (χ0) is 14.7. The standard InChI is InChI=1S/C15H24N4OS.HI/c1-12-9-18-13(21-12)3-6-17-14(16-2)19-7-4-15(10-19)5-8-20-11-15;/h9H,3-8,10-11H2,1-2H3,(H,16,17);1H. The minimum absolute atomic E-state index is 0. The van der Waals surface area contributed by atoms with Crippen LogP contribution in [-0.2, 0) is 11.2 Å². The van der Waals surface area contributed by atoms with Gasteiger partial charge in [-0.1, -0.05) is 0 Å². The molecule has 124 valence electrons. The van der Waals surface area contributed by atoms with Gasteiger partial charge in [0.2, 0.25) is 0 Å². The maximum absolute atomic E-state index is 5.59. The molecule has 0 amide bonds. The largest absolute Gasteiger partial charge is 0.381 e. The highest BCUT2D eigenvalue weighted by Crippen LogP contribution is 2.38. The van der Waals surface area contributed by atoms with E-state index in [0.29, 0.717) is 5.41 Å². The smallest absolute Gasteiger partial charge is 0.193 e. The maximum Gasteiger partial charge on any atom is 0.193 e. The van der Waals surface area contributed by atoms with Gasteiger partial charge >= 0.3 is 0 Å². The fourth-order valence-corrected chi connectivity index (χ4v) is 4.00. The number of nitrogens with one attached hydrogen (secondary N) is 1. The molecule has 3 rings (SSSR count). The Hall–Kier alpha value is -0.410. The van der Waals surface area contributed by atoms with Crippen LogP contribution in [0.2, 0.25) is 0 Å². The third-order valence-electron chi connectivity index (χ3n) is 4.43. The molecule has 1 aromatic heterocycles. The second-order valence-electron chi connectivity index (χ2n) is 6.06. The van der Waals surface area contributed by atoms with E-state index in [4.69, 9.17) is 4.74 Å². The molecule has 1 N–H and O–H groups in total. The summed E-state index contributed by atoms with van der Waals surface area (Å²) in [6.45, 7) is 6.98. The van der Waals surface area contributed by atoms with E-state index < -0.39 is 0 Å². The van der Waals surface area contributed by atoms with Gasteiger partial charge in [0.05, 0.1) is 11.6 Å². The Labute approximate surface area is 153 Å². The predicted octanol–water partition coefficient (Wildman–Crippen LogP) is 2.30. The number of nitrogens with zero attached hydrogens (tertiary/aromatic N) is 3. The fraction of sp³-hybridized carbons (Fsp3) is 0.733. The van der Waals surface area contributed by atoms with Crippen LogP contribution in [-0.4, -0.2) is 55.7 Å². The molecule has 2 aliphatic heterocycles. The van der Waals surface area contributed by atoms with Gasteiger partial charge < -0.3 is 15.0 Å². The molecule has 0 aromatic carbocycles. The number of hydrogen-bond donors (Lipinski definition) is 1. The number of halogens is 1. The molecule has 2 saturated heterocycles. The van der Waals surface area contributed by atoms with Crippen molar-refractivity contribution in [2.75, 3.05) is 39.9 Å². The van der Waals surface area contributed by atoms with Crippen molar-refractivity contribution in [2.45, 2.75) is 26.2 Å². The van der Waals surface area contributed by atoms with Gasteiger partial charge in [0, 0.05) is 56.2 Å². The summed E-state index contributed by atoms with van der Waals surface area (Å²) in [5.74, 6) is 1.02. The van der Waals surface area contributed by atoms with E-state index >= 15 is 0 Å². The molecule has 0 bridgehead atoms. The van der Waals surface area contributed by atoms with Crippen LogP contribution in [0.5, 0.6) is 0 Å². The molecular formula is C15H25IN4OS. The van der Waals surface area contributed by atoms with Gasteiger partial charge in [-0.05, 0) is 19.8 Å². The Balaban J connectivity index is 0.00000176. The highest BCUT2D eigenvalue weighted by atomic mass is 127. The summed E-state index contributed by atoms with van der Waals surface area (Å²) in [5, 5.41) is 4.67. The Kier molecular flexibility index (Phi) is 6.46. The van der Waals surface area contributed by atoms with Crippen molar-refractivity contribution in [1.82, 2.24) is 15.2 Å². The van der Waals surface area contributed by atoms with Crippen molar-refractivity contribution in [3.8, 4) is 0 Å². The second-order valence-corrected chi connectivity index (χ2v) is 7.38. The number of aromatic nitrogens is 1. The molecule has 2 aliphatic rings. The molecule has 3 heterocycles.